The number of carboxylic acid groups (broad SMARTS) is 1. The molecule has 0 aliphatic heterocycles. The molecule has 3 nitrogen and oxygen atoms in total. The highest BCUT2D eigenvalue weighted by Crippen LogP contribution is 2.25. The van der Waals surface area contributed by atoms with Crippen LogP contribution in [0.2, 0.25) is 0 Å². The summed E-state index contributed by atoms with van der Waals surface area (Å²) >= 11 is 0. The van der Waals surface area contributed by atoms with Crippen molar-refractivity contribution in [2.75, 3.05) is 6.61 Å². The minimum absolute atomic E-state index is 0.111. The second kappa shape index (κ2) is 4.90. The summed E-state index contributed by atoms with van der Waals surface area (Å²) in [5.41, 5.74) is -1.09. The van der Waals surface area contributed by atoms with E-state index >= 15 is 0 Å². The van der Waals surface area contributed by atoms with Gasteiger partial charge in [-0.15, -0.1) is 6.58 Å². The van der Waals surface area contributed by atoms with Crippen LogP contribution in [0.5, 0.6) is 0 Å². The Labute approximate surface area is 93.2 Å². The molecule has 0 amide bonds. The van der Waals surface area contributed by atoms with Gasteiger partial charge < -0.3 is 9.84 Å². The highest BCUT2D eigenvalue weighted by Gasteiger charge is 2.36. The Kier molecular flexibility index (Phi) is 3.79. The van der Waals surface area contributed by atoms with Gasteiger partial charge in [-0.1, -0.05) is 18.2 Å². The van der Waals surface area contributed by atoms with Gasteiger partial charge in [0, 0.05) is 0 Å². The lowest BCUT2D eigenvalue weighted by Crippen LogP contribution is -2.35. The molecule has 1 unspecified atom stereocenters. The molecule has 1 aromatic carbocycles. The van der Waals surface area contributed by atoms with Gasteiger partial charge in [-0.05, 0) is 24.6 Å². The predicted octanol–water partition coefficient (Wildman–Crippen LogP) is 2.33. The fourth-order valence-electron chi connectivity index (χ4n) is 1.26. The Hall–Kier alpha value is -1.68. The first kappa shape index (κ1) is 12.4. The van der Waals surface area contributed by atoms with Crippen molar-refractivity contribution in [3.63, 3.8) is 0 Å². The summed E-state index contributed by atoms with van der Waals surface area (Å²) in [5, 5.41) is 9.13. The first-order valence-electron chi connectivity index (χ1n) is 4.75. The van der Waals surface area contributed by atoms with E-state index in [0.29, 0.717) is 5.56 Å². The maximum Gasteiger partial charge on any atom is 0.340 e. The van der Waals surface area contributed by atoms with Crippen molar-refractivity contribution in [1.82, 2.24) is 0 Å². The number of rotatable bonds is 5. The Bertz CT molecular complexity index is 386. The highest BCUT2D eigenvalue weighted by atomic mass is 19.1. The predicted molar refractivity (Wildman–Crippen MR) is 57.5 cm³/mol. The lowest BCUT2D eigenvalue weighted by molar-refractivity contribution is -0.163. The van der Waals surface area contributed by atoms with Crippen molar-refractivity contribution in [3.05, 3.63) is 48.3 Å². The number of carboxylic acids is 1. The fourth-order valence-corrected chi connectivity index (χ4v) is 1.26. The number of aliphatic carboxylic acids is 1. The minimum atomic E-state index is -1.48. The molecule has 16 heavy (non-hydrogen) atoms. The average molecular weight is 224 g/mol. The number of benzene rings is 1. The zero-order valence-electron chi connectivity index (χ0n) is 8.94. The fraction of sp³-hybridized carbons (Fsp3) is 0.250. The average Bonchev–Trinajstić information content (AvgIpc) is 2.26. The van der Waals surface area contributed by atoms with Crippen LogP contribution in [-0.4, -0.2) is 17.7 Å². The van der Waals surface area contributed by atoms with Crippen molar-refractivity contribution in [2.45, 2.75) is 12.5 Å². The van der Waals surface area contributed by atoms with Crippen LogP contribution in [0.1, 0.15) is 12.5 Å². The molecule has 0 radical (unpaired) electrons. The number of hydrogen-bond acceptors (Lipinski definition) is 2. The van der Waals surface area contributed by atoms with Crippen LogP contribution in [0.25, 0.3) is 0 Å². The normalized spacial score (nSPS) is 14.1. The number of carbonyl (C=O) groups is 1. The van der Waals surface area contributed by atoms with Gasteiger partial charge in [0.05, 0.1) is 6.61 Å². The van der Waals surface area contributed by atoms with Gasteiger partial charge in [0.1, 0.15) is 5.82 Å². The third-order valence-electron chi connectivity index (χ3n) is 2.29. The molecule has 1 atom stereocenters. The second-order valence-corrected chi connectivity index (χ2v) is 3.44. The van der Waals surface area contributed by atoms with E-state index in [4.69, 9.17) is 9.84 Å². The van der Waals surface area contributed by atoms with Crippen molar-refractivity contribution in [2.24, 2.45) is 0 Å². The van der Waals surface area contributed by atoms with Gasteiger partial charge in [-0.25, -0.2) is 9.18 Å². The molecule has 4 heteroatoms. The van der Waals surface area contributed by atoms with Crippen molar-refractivity contribution in [3.8, 4) is 0 Å². The number of hydrogen-bond donors (Lipinski definition) is 1. The Morgan fingerprint density at radius 3 is 2.56 bits per heavy atom. The summed E-state index contributed by atoms with van der Waals surface area (Å²) in [5.74, 6) is -1.54. The number of ether oxygens (including phenoxy) is 1. The molecule has 1 rings (SSSR count). The van der Waals surface area contributed by atoms with Crippen molar-refractivity contribution >= 4 is 5.97 Å². The quantitative estimate of drug-likeness (QED) is 0.781. The van der Waals surface area contributed by atoms with E-state index in [-0.39, 0.29) is 6.61 Å². The van der Waals surface area contributed by atoms with Gasteiger partial charge in [0.2, 0.25) is 0 Å². The van der Waals surface area contributed by atoms with Crippen LogP contribution >= 0.6 is 0 Å². The first-order valence-corrected chi connectivity index (χ1v) is 4.75. The SMILES string of the molecule is C=CCOC(C)(C(=O)O)c1ccc(F)cc1. The topological polar surface area (TPSA) is 46.5 Å². The van der Waals surface area contributed by atoms with Crippen molar-refractivity contribution in [1.29, 1.82) is 0 Å². The molecular formula is C12H13FO3. The largest absolute Gasteiger partial charge is 0.479 e. The van der Waals surface area contributed by atoms with E-state index < -0.39 is 17.4 Å². The van der Waals surface area contributed by atoms with E-state index in [1.807, 2.05) is 0 Å². The molecule has 86 valence electrons. The van der Waals surface area contributed by atoms with E-state index in [1.165, 1.54) is 37.3 Å². The van der Waals surface area contributed by atoms with Gasteiger partial charge in [0.25, 0.3) is 0 Å². The molecule has 0 aliphatic carbocycles. The molecule has 0 aliphatic rings. The summed E-state index contributed by atoms with van der Waals surface area (Å²) in [7, 11) is 0. The lowest BCUT2D eigenvalue weighted by Gasteiger charge is -2.25. The Morgan fingerprint density at radius 1 is 1.56 bits per heavy atom. The summed E-state index contributed by atoms with van der Waals surface area (Å²) in [6.45, 7) is 4.99. The lowest BCUT2D eigenvalue weighted by atomic mass is 9.96. The van der Waals surface area contributed by atoms with Crippen LogP contribution < -0.4 is 0 Å². The van der Waals surface area contributed by atoms with Crippen molar-refractivity contribution < 1.29 is 19.0 Å². The molecule has 0 aromatic heterocycles. The van der Waals surface area contributed by atoms with Crippen LogP contribution in [0.4, 0.5) is 4.39 Å². The molecule has 0 saturated carbocycles. The molecule has 0 heterocycles. The monoisotopic (exact) mass is 224 g/mol. The van der Waals surface area contributed by atoms with E-state index in [1.54, 1.807) is 0 Å². The smallest absolute Gasteiger partial charge is 0.340 e. The Morgan fingerprint density at radius 2 is 2.12 bits per heavy atom. The zero-order chi connectivity index (χ0) is 12.2. The van der Waals surface area contributed by atoms with Crippen LogP contribution in [0.15, 0.2) is 36.9 Å². The molecule has 1 N–H and O–H groups in total. The molecule has 1 aromatic rings. The van der Waals surface area contributed by atoms with Crippen LogP contribution in [0, 0.1) is 5.82 Å². The third kappa shape index (κ3) is 2.46. The summed E-state index contributed by atoms with van der Waals surface area (Å²) in [6, 6.07) is 5.20. The third-order valence-corrected chi connectivity index (χ3v) is 2.29. The van der Waals surface area contributed by atoms with Gasteiger partial charge in [0.15, 0.2) is 5.60 Å². The molecule has 0 fully saturated rings. The van der Waals surface area contributed by atoms with E-state index in [0.717, 1.165) is 0 Å². The molecular weight excluding hydrogens is 211 g/mol. The van der Waals surface area contributed by atoms with Crippen LogP contribution in [0.3, 0.4) is 0 Å². The maximum absolute atomic E-state index is 12.7. The summed E-state index contributed by atoms with van der Waals surface area (Å²) < 4.78 is 17.9. The number of halogens is 1. The highest BCUT2D eigenvalue weighted by molar-refractivity contribution is 5.78. The van der Waals surface area contributed by atoms with Crippen LogP contribution in [-0.2, 0) is 15.1 Å². The second-order valence-electron chi connectivity index (χ2n) is 3.44. The maximum atomic E-state index is 12.7. The minimum Gasteiger partial charge on any atom is -0.479 e. The van der Waals surface area contributed by atoms with Gasteiger partial charge >= 0.3 is 5.97 Å². The standard InChI is InChI=1S/C12H13FO3/c1-3-8-16-12(2,11(14)15)9-4-6-10(13)7-5-9/h3-7H,1,8H2,2H3,(H,14,15). The molecule has 0 spiro atoms. The first-order chi connectivity index (χ1) is 7.50. The molecule has 0 bridgehead atoms. The van der Waals surface area contributed by atoms with Gasteiger partial charge in [-0.2, -0.15) is 0 Å². The summed E-state index contributed by atoms with van der Waals surface area (Å²) in [6.07, 6.45) is 1.46. The Balaban J connectivity index is 3.05. The van der Waals surface area contributed by atoms with E-state index in [9.17, 15) is 9.18 Å². The zero-order valence-corrected chi connectivity index (χ0v) is 8.94. The van der Waals surface area contributed by atoms with Gasteiger partial charge in [-0.3, -0.25) is 0 Å². The molecule has 0 saturated heterocycles. The summed E-state index contributed by atoms with van der Waals surface area (Å²) in [4.78, 5) is 11.2. The van der Waals surface area contributed by atoms with E-state index in [2.05, 4.69) is 6.58 Å².